The van der Waals surface area contributed by atoms with Crippen molar-refractivity contribution in [1.82, 2.24) is 0 Å². The van der Waals surface area contributed by atoms with Crippen molar-refractivity contribution in [2.75, 3.05) is 0 Å². The molecule has 1 saturated carbocycles. The van der Waals surface area contributed by atoms with Gasteiger partial charge in [-0.25, -0.2) is 0 Å². The molecule has 0 heterocycles. The van der Waals surface area contributed by atoms with Crippen LogP contribution in [0.5, 0.6) is 0 Å². The van der Waals surface area contributed by atoms with E-state index in [0.29, 0.717) is 20.6 Å². The molecule has 2 rings (SSSR count). The lowest BCUT2D eigenvalue weighted by atomic mass is 10.1. The Morgan fingerprint density at radius 3 is 2.45 bits per heavy atom. The Morgan fingerprint density at radius 1 is 1.32 bits per heavy atom. The highest BCUT2D eigenvalue weighted by Crippen LogP contribution is 2.59. The van der Waals surface area contributed by atoms with Gasteiger partial charge in [0.15, 0.2) is 0 Å². The summed E-state index contributed by atoms with van der Waals surface area (Å²) in [4.78, 5) is 12.3. The lowest BCUT2D eigenvalue weighted by Gasteiger charge is -2.09. The second kappa shape index (κ2) is 6.66. The molecule has 1 aliphatic carbocycles. The monoisotopic (exact) mass is 358 g/mol. The molecule has 0 aromatic heterocycles. The molecule has 0 N–H and O–H groups in total. The third-order valence-corrected chi connectivity index (χ3v) is 4.98. The van der Waals surface area contributed by atoms with E-state index in [0.717, 1.165) is 0 Å². The first kappa shape index (κ1) is 17.4. The van der Waals surface area contributed by atoms with Crippen LogP contribution < -0.4 is 0 Å². The number of allylic oxidation sites excluding steroid dienone is 3. The van der Waals surface area contributed by atoms with Crippen LogP contribution in [0.1, 0.15) is 19.4 Å². The molecule has 1 fully saturated rings. The van der Waals surface area contributed by atoms with Crippen molar-refractivity contribution in [3.8, 4) is 0 Å². The van der Waals surface area contributed by atoms with Gasteiger partial charge in [-0.05, 0) is 23.5 Å². The molecule has 0 saturated heterocycles. The Morgan fingerprint density at radius 2 is 1.91 bits per heavy atom. The highest BCUT2D eigenvalue weighted by molar-refractivity contribution is 6.39. The Labute approximate surface area is 145 Å². The summed E-state index contributed by atoms with van der Waals surface area (Å²) >= 11 is 18.0. The molecule has 0 bridgehead atoms. The molecule has 2 unspecified atom stereocenters. The van der Waals surface area contributed by atoms with Crippen LogP contribution in [0.2, 0.25) is 15.1 Å². The molecule has 118 valence electrons. The van der Waals surface area contributed by atoms with E-state index in [1.54, 1.807) is 18.2 Å². The molecule has 1 aliphatic rings. The quantitative estimate of drug-likeness (QED) is 0.497. The van der Waals surface area contributed by atoms with Crippen molar-refractivity contribution in [3.05, 3.63) is 57.6 Å². The molecule has 2 atom stereocenters. The summed E-state index contributed by atoms with van der Waals surface area (Å²) in [6.45, 7) is 7.76. The Balaban J connectivity index is 2.03. The highest BCUT2D eigenvalue weighted by atomic mass is 35.5. The third-order valence-electron chi connectivity index (χ3n) is 4.08. The summed E-state index contributed by atoms with van der Waals surface area (Å²) in [6, 6.07) is 3.16. The van der Waals surface area contributed by atoms with E-state index in [1.165, 1.54) is 0 Å². The van der Waals surface area contributed by atoms with Gasteiger partial charge in [0.1, 0.15) is 6.61 Å². The fraction of sp³-hybridized carbons (Fsp3) is 0.353. The average molecular weight is 360 g/mol. The summed E-state index contributed by atoms with van der Waals surface area (Å²) in [7, 11) is 0. The second-order valence-electron chi connectivity index (χ2n) is 5.90. The molecule has 1 aromatic carbocycles. The van der Waals surface area contributed by atoms with Gasteiger partial charge in [0.05, 0.1) is 16.0 Å². The summed E-state index contributed by atoms with van der Waals surface area (Å²) in [5.74, 6) is -0.242. The fourth-order valence-corrected chi connectivity index (χ4v) is 3.55. The van der Waals surface area contributed by atoms with Gasteiger partial charge in [0, 0.05) is 10.6 Å². The van der Waals surface area contributed by atoms with Crippen LogP contribution in [0.3, 0.4) is 0 Å². The number of rotatable bonds is 5. The van der Waals surface area contributed by atoms with Crippen molar-refractivity contribution in [3.63, 3.8) is 0 Å². The van der Waals surface area contributed by atoms with Crippen molar-refractivity contribution in [1.29, 1.82) is 0 Å². The molecular weight excluding hydrogens is 343 g/mol. The largest absolute Gasteiger partial charge is 0.460 e. The zero-order valence-electron chi connectivity index (χ0n) is 12.4. The zero-order valence-corrected chi connectivity index (χ0v) is 14.7. The first-order chi connectivity index (χ1) is 10.3. The molecule has 0 spiro atoms. The SMILES string of the molecule is C=CC=CC1C(C(=O)OCc2c(Cl)cc(Cl)cc2Cl)C1(C)C. The number of hydrogen-bond acceptors (Lipinski definition) is 2. The molecule has 2 nitrogen and oxygen atoms in total. The normalized spacial score (nSPS) is 22.6. The van der Waals surface area contributed by atoms with E-state index in [4.69, 9.17) is 39.5 Å². The van der Waals surface area contributed by atoms with Crippen molar-refractivity contribution in [2.24, 2.45) is 17.3 Å². The summed E-state index contributed by atoms with van der Waals surface area (Å²) in [5.41, 5.74) is 0.460. The van der Waals surface area contributed by atoms with Crippen LogP contribution in [0.15, 0.2) is 36.9 Å². The van der Waals surface area contributed by atoms with E-state index in [9.17, 15) is 4.79 Å². The van der Waals surface area contributed by atoms with Crippen LogP contribution in [0, 0.1) is 17.3 Å². The van der Waals surface area contributed by atoms with E-state index in [-0.39, 0.29) is 29.8 Å². The number of carbonyl (C=O) groups excluding carboxylic acids is 1. The maximum absolute atomic E-state index is 12.3. The lowest BCUT2D eigenvalue weighted by Crippen LogP contribution is -2.11. The Kier molecular flexibility index (Phi) is 5.26. The summed E-state index contributed by atoms with van der Waals surface area (Å²) in [5, 5.41) is 1.23. The van der Waals surface area contributed by atoms with E-state index in [1.807, 2.05) is 26.0 Å². The molecule has 0 amide bonds. The van der Waals surface area contributed by atoms with Crippen molar-refractivity contribution < 1.29 is 9.53 Å². The predicted molar refractivity (Wildman–Crippen MR) is 91.4 cm³/mol. The number of carbonyl (C=O) groups is 1. The van der Waals surface area contributed by atoms with Crippen LogP contribution in [0.4, 0.5) is 0 Å². The number of benzene rings is 1. The minimum atomic E-state index is -0.245. The summed E-state index contributed by atoms with van der Waals surface area (Å²) < 4.78 is 5.39. The van der Waals surface area contributed by atoms with Gasteiger partial charge >= 0.3 is 5.97 Å². The average Bonchev–Trinajstić information content (AvgIpc) is 2.96. The first-order valence-corrected chi connectivity index (χ1v) is 8.01. The van der Waals surface area contributed by atoms with E-state index in [2.05, 4.69) is 6.58 Å². The van der Waals surface area contributed by atoms with Gasteiger partial charge in [-0.3, -0.25) is 4.79 Å². The standard InChI is InChI=1S/C17H17Cl3O2/c1-4-5-6-12-15(17(12,2)3)16(21)22-9-11-13(19)7-10(18)8-14(11)20/h4-8,12,15H,1,9H2,2-3H3. The maximum atomic E-state index is 12.3. The molecular formula is C17H17Cl3O2. The molecule has 22 heavy (non-hydrogen) atoms. The minimum absolute atomic E-state index is 0.0398. The van der Waals surface area contributed by atoms with E-state index < -0.39 is 0 Å². The lowest BCUT2D eigenvalue weighted by molar-refractivity contribution is -0.147. The van der Waals surface area contributed by atoms with Gasteiger partial charge in [-0.15, -0.1) is 0 Å². The van der Waals surface area contributed by atoms with Gasteiger partial charge in [0.2, 0.25) is 0 Å². The number of halogens is 3. The van der Waals surface area contributed by atoms with Crippen LogP contribution >= 0.6 is 34.8 Å². The number of ether oxygens (including phenoxy) is 1. The van der Waals surface area contributed by atoms with Crippen molar-refractivity contribution in [2.45, 2.75) is 20.5 Å². The number of esters is 1. The fourth-order valence-electron chi connectivity index (χ4n) is 2.63. The van der Waals surface area contributed by atoms with Gasteiger partial charge in [-0.2, -0.15) is 0 Å². The minimum Gasteiger partial charge on any atom is -0.460 e. The smallest absolute Gasteiger partial charge is 0.310 e. The molecule has 1 aromatic rings. The van der Waals surface area contributed by atoms with Gasteiger partial charge in [0.25, 0.3) is 0 Å². The van der Waals surface area contributed by atoms with Gasteiger partial charge < -0.3 is 4.74 Å². The van der Waals surface area contributed by atoms with Crippen molar-refractivity contribution >= 4 is 40.8 Å². The third kappa shape index (κ3) is 3.51. The van der Waals surface area contributed by atoms with Crippen LogP contribution in [0.25, 0.3) is 0 Å². The molecule has 0 aliphatic heterocycles. The second-order valence-corrected chi connectivity index (χ2v) is 7.15. The van der Waals surface area contributed by atoms with Crippen LogP contribution in [-0.2, 0) is 16.1 Å². The van der Waals surface area contributed by atoms with E-state index >= 15 is 0 Å². The maximum Gasteiger partial charge on any atom is 0.310 e. The Bertz CT molecular complexity index is 612. The zero-order chi connectivity index (χ0) is 16.5. The first-order valence-electron chi connectivity index (χ1n) is 6.88. The topological polar surface area (TPSA) is 26.3 Å². The number of hydrogen-bond donors (Lipinski definition) is 0. The highest BCUT2D eigenvalue weighted by Gasteiger charge is 2.61. The van der Waals surface area contributed by atoms with Gasteiger partial charge in [-0.1, -0.05) is 73.5 Å². The molecule has 5 heteroatoms. The predicted octanol–water partition coefficient (Wildman–Crippen LogP) is 5.70. The molecule has 0 radical (unpaired) electrons. The Hall–Kier alpha value is -0.960. The summed E-state index contributed by atoms with van der Waals surface area (Å²) in [6.07, 6.45) is 5.54. The van der Waals surface area contributed by atoms with Crippen LogP contribution in [-0.4, -0.2) is 5.97 Å².